The first-order valence-electron chi connectivity index (χ1n) is 7.92. The number of ketones is 1. The lowest BCUT2D eigenvalue weighted by Gasteiger charge is -2.20. The first-order chi connectivity index (χ1) is 11.1. The molecule has 1 aromatic carbocycles. The minimum absolute atomic E-state index is 0.0640. The monoisotopic (exact) mass is 320 g/mol. The number of Topliss-reactive ketones (excluding diaryl/α,β-unsaturated/α-hetero) is 1. The molecule has 1 unspecified atom stereocenters. The number of benzene rings is 1. The quantitative estimate of drug-likeness (QED) is 0.755. The number of hydrogen-bond acceptors (Lipinski definition) is 5. The molecule has 0 saturated carbocycles. The molecule has 2 N–H and O–H groups in total. The fourth-order valence-electron chi connectivity index (χ4n) is 2.45. The lowest BCUT2D eigenvalue weighted by Crippen LogP contribution is -2.45. The van der Waals surface area contributed by atoms with E-state index in [9.17, 15) is 9.59 Å². The summed E-state index contributed by atoms with van der Waals surface area (Å²) in [7, 11) is 0. The Morgan fingerprint density at radius 1 is 1.35 bits per heavy atom. The number of carbonyl (C=O) groups is 2. The van der Waals surface area contributed by atoms with Crippen LogP contribution in [0, 0.1) is 0 Å². The molecule has 0 aliphatic carbocycles. The van der Waals surface area contributed by atoms with Crippen molar-refractivity contribution in [3.8, 4) is 0 Å². The smallest absolute Gasteiger partial charge is 0.407 e. The Morgan fingerprint density at radius 2 is 2.13 bits per heavy atom. The van der Waals surface area contributed by atoms with Crippen LogP contribution in [0.25, 0.3) is 0 Å². The second-order valence-corrected chi connectivity index (χ2v) is 5.75. The van der Waals surface area contributed by atoms with E-state index in [1.54, 1.807) is 0 Å². The van der Waals surface area contributed by atoms with Gasteiger partial charge in [-0.25, -0.2) is 4.79 Å². The molecule has 0 spiro atoms. The van der Waals surface area contributed by atoms with Crippen LogP contribution in [0.4, 0.5) is 4.79 Å². The molecule has 0 aromatic heterocycles. The standard InChI is InChI=1S/C17H24N2O4/c1-13(20)10-18-11-15(9-14-5-3-2-4-6-14)19-17(21)23-16-7-8-22-12-16/h2-6,15-16,18H,7-12H2,1H3,(H,19,21)/t15?,16-/m0/s1. The van der Waals surface area contributed by atoms with Crippen LogP contribution < -0.4 is 10.6 Å². The summed E-state index contributed by atoms with van der Waals surface area (Å²) in [6.45, 7) is 3.41. The van der Waals surface area contributed by atoms with Crippen LogP contribution in [-0.2, 0) is 20.7 Å². The van der Waals surface area contributed by atoms with Crippen LogP contribution in [-0.4, -0.2) is 50.3 Å². The first-order valence-corrected chi connectivity index (χ1v) is 7.92. The maximum atomic E-state index is 12.0. The van der Waals surface area contributed by atoms with E-state index in [1.807, 2.05) is 30.3 Å². The van der Waals surface area contributed by atoms with Gasteiger partial charge in [0.25, 0.3) is 0 Å². The summed E-state index contributed by atoms with van der Waals surface area (Å²) in [5, 5.41) is 5.94. The highest BCUT2D eigenvalue weighted by molar-refractivity contribution is 5.77. The zero-order chi connectivity index (χ0) is 16.5. The van der Waals surface area contributed by atoms with E-state index in [0.717, 1.165) is 12.0 Å². The number of amides is 1. The molecule has 6 nitrogen and oxygen atoms in total. The largest absolute Gasteiger partial charge is 0.444 e. The van der Waals surface area contributed by atoms with Crippen molar-refractivity contribution in [1.82, 2.24) is 10.6 Å². The molecule has 2 rings (SSSR count). The average molecular weight is 320 g/mol. The predicted octanol–water partition coefficient (Wildman–Crippen LogP) is 1.29. The molecule has 2 atom stereocenters. The normalized spacial score (nSPS) is 18.4. The fourth-order valence-corrected chi connectivity index (χ4v) is 2.45. The van der Waals surface area contributed by atoms with E-state index >= 15 is 0 Å². The van der Waals surface area contributed by atoms with E-state index in [1.165, 1.54) is 6.92 Å². The molecule has 1 aliphatic heterocycles. The van der Waals surface area contributed by atoms with Crippen LogP contribution in [0.15, 0.2) is 30.3 Å². The maximum Gasteiger partial charge on any atom is 0.407 e. The van der Waals surface area contributed by atoms with Crippen molar-refractivity contribution in [2.45, 2.75) is 31.9 Å². The van der Waals surface area contributed by atoms with Crippen molar-refractivity contribution < 1.29 is 19.1 Å². The van der Waals surface area contributed by atoms with Crippen molar-refractivity contribution >= 4 is 11.9 Å². The Labute approximate surface area is 136 Å². The van der Waals surface area contributed by atoms with E-state index in [2.05, 4.69) is 10.6 Å². The minimum Gasteiger partial charge on any atom is -0.444 e. The number of carbonyl (C=O) groups excluding carboxylic acids is 2. The van der Waals surface area contributed by atoms with Crippen LogP contribution >= 0.6 is 0 Å². The third-order valence-corrected chi connectivity index (χ3v) is 3.57. The van der Waals surface area contributed by atoms with Crippen LogP contribution in [0.1, 0.15) is 18.9 Å². The Hall–Kier alpha value is -1.92. The Morgan fingerprint density at radius 3 is 2.78 bits per heavy atom. The number of ether oxygens (including phenoxy) is 2. The number of rotatable bonds is 8. The summed E-state index contributed by atoms with van der Waals surface area (Å²) < 4.78 is 10.5. The lowest BCUT2D eigenvalue weighted by atomic mass is 10.1. The van der Waals surface area contributed by atoms with E-state index in [0.29, 0.717) is 32.7 Å². The molecule has 0 radical (unpaired) electrons. The summed E-state index contributed by atoms with van der Waals surface area (Å²) >= 11 is 0. The molecule has 1 fully saturated rings. The lowest BCUT2D eigenvalue weighted by molar-refractivity contribution is -0.116. The summed E-state index contributed by atoms with van der Waals surface area (Å²) in [5.41, 5.74) is 1.12. The van der Waals surface area contributed by atoms with Gasteiger partial charge in [0.2, 0.25) is 0 Å². The SMILES string of the molecule is CC(=O)CNCC(Cc1ccccc1)NC(=O)O[C@H]1CCOC1. The molecule has 1 amide bonds. The van der Waals surface area contributed by atoms with Crippen molar-refractivity contribution in [2.24, 2.45) is 0 Å². The van der Waals surface area contributed by atoms with Gasteiger partial charge in [-0.1, -0.05) is 30.3 Å². The van der Waals surface area contributed by atoms with Crippen LogP contribution in [0.3, 0.4) is 0 Å². The summed E-state index contributed by atoms with van der Waals surface area (Å²) in [6.07, 6.45) is 0.796. The summed E-state index contributed by atoms with van der Waals surface area (Å²) in [5.74, 6) is 0.0640. The van der Waals surface area contributed by atoms with Crippen molar-refractivity contribution in [3.63, 3.8) is 0 Å². The average Bonchev–Trinajstić information content (AvgIpc) is 3.00. The third kappa shape index (κ3) is 6.80. The van der Waals surface area contributed by atoms with Gasteiger partial charge in [-0.3, -0.25) is 4.79 Å². The zero-order valence-electron chi connectivity index (χ0n) is 13.4. The van der Waals surface area contributed by atoms with Crippen molar-refractivity contribution in [2.75, 3.05) is 26.3 Å². The van der Waals surface area contributed by atoms with Gasteiger partial charge in [-0.15, -0.1) is 0 Å². The molecular formula is C17H24N2O4. The first kappa shape index (κ1) is 17.4. The molecule has 0 bridgehead atoms. The third-order valence-electron chi connectivity index (χ3n) is 3.57. The molecule has 6 heteroatoms. The van der Waals surface area contributed by atoms with Gasteiger partial charge in [-0.05, 0) is 18.9 Å². The highest BCUT2D eigenvalue weighted by Crippen LogP contribution is 2.09. The van der Waals surface area contributed by atoms with E-state index < -0.39 is 6.09 Å². The summed E-state index contributed by atoms with van der Waals surface area (Å²) in [6, 6.07) is 9.75. The molecule has 1 heterocycles. The van der Waals surface area contributed by atoms with Crippen LogP contribution in [0.2, 0.25) is 0 Å². The highest BCUT2D eigenvalue weighted by atomic mass is 16.6. The highest BCUT2D eigenvalue weighted by Gasteiger charge is 2.21. The second kappa shape index (κ2) is 9.27. The molecule has 23 heavy (non-hydrogen) atoms. The number of nitrogens with one attached hydrogen (secondary N) is 2. The molecule has 1 aliphatic rings. The van der Waals surface area contributed by atoms with Gasteiger partial charge >= 0.3 is 6.09 Å². The predicted molar refractivity (Wildman–Crippen MR) is 86.3 cm³/mol. The number of hydrogen-bond donors (Lipinski definition) is 2. The van der Waals surface area contributed by atoms with Crippen LogP contribution in [0.5, 0.6) is 0 Å². The number of alkyl carbamates (subject to hydrolysis) is 1. The minimum atomic E-state index is -0.439. The van der Waals surface area contributed by atoms with Gasteiger partial charge in [0.1, 0.15) is 11.9 Å². The Bertz CT molecular complexity index is 501. The molecule has 1 saturated heterocycles. The van der Waals surface area contributed by atoms with Gasteiger partial charge in [-0.2, -0.15) is 0 Å². The second-order valence-electron chi connectivity index (χ2n) is 5.75. The van der Waals surface area contributed by atoms with E-state index in [4.69, 9.17) is 9.47 Å². The van der Waals surface area contributed by atoms with Gasteiger partial charge < -0.3 is 20.1 Å². The molecule has 126 valence electrons. The topological polar surface area (TPSA) is 76.7 Å². The van der Waals surface area contributed by atoms with E-state index in [-0.39, 0.29) is 17.9 Å². The zero-order valence-corrected chi connectivity index (χ0v) is 13.4. The maximum absolute atomic E-state index is 12.0. The van der Waals surface area contributed by atoms with Gasteiger partial charge in [0.05, 0.1) is 19.8 Å². The van der Waals surface area contributed by atoms with Crippen molar-refractivity contribution in [1.29, 1.82) is 0 Å². The Balaban J connectivity index is 1.86. The molecular weight excluding hydrogens is 296 g/mol. The molecule has 1 aromatic rings. The summed E-state index contributed by atoms with van der Waals surface area (Å²) in [4.78, 5) is 23.1. The fraction of sp³-hybridized carbons (Fsp3) is 0.529. The Kier molecular flexibility index (Phi) is 7.03. The van der Waals surface area contributed by atoms with Gasteiger partial charge in [0, 0.05) is 19.0 Å². The van der Waals surface area contributed by atoms with Crippen molar-refractivity contribution in [3.05, 3.63) is 35.9 Å². The van der Waals surface area contributed by atoms with Gasteiger partial charge in [0.15, 0.2) is 0 Å².